The van der Waals surface area contributed by atoms with Crippen LogP contribution in [-0.2, 0) is 16.1 Å². The highest BCUT2D eigenvalue weighted by Gasteiger charge is 2.00. The number of esters is 1. The lowest BCUT2D eigenvalue weighted by molar-refractivity contribution is -0.141. The summed E-state index contributed by atoms with van der Waals surface area (Å²) in [4.78, 5) is 11.2. The molecule has 0 spiro atoms. The van der Waals surface area contributed by atoms with Gasteiger partial charge in [0.05, 0.1) is 6.54 Å². The van der Waals surface area contributed by atoms with E-state index in [0.29, 0.717) is 13.2 Å². The molecule has 1 rings (SSSR count). The Morgan fingerprint density at radius 2 is 2.12 bits per heavy atom. The van der Waals surface area contributed by atoms with Crippen LogP contribution in [0.3, 0.4) is 0 Å². The van der Waals surface area contributed by atoms with Gasteiger partial charge in [-0.15, -0.1) is 0 Å². The second-order valence-electron chi connectivity index (χ2n) is 3.34. The monoisotopic (exact) mass is 219 g/mol. The van der Waals surface area contributed by atoms with E-state index in [2.05, 4.69) is 5.32 Å². The van der Waals surface area contributed by atoms with Crippen molar-refractivity contribution >= 4 is 5.97 Å². The molecule has 1 aromatic carbocycles. The first-order valence-electron chi connectivity index (χ1n) is 5.34. The van der Waals surface area contributed by atoms with E-state index in [1.165, 1.54) is 0 Å². The molecule has 0 aliphatic rings. The molecule has 0 aliphatic heterocycles. The van der Waals surface area contributed by atoms with Gasteiger partial charge in [0.2, 0.25) is 0 Å². The highest BCUT2D eigenvalue weighted by atomic mass is 16.5. The second kappa shape index (κ2) is 7.65. The number of allylic oxidation sites excluding steroid dienone is 1. The molecule has 0 radical (unpaired) electrons. The Balaban J connectivity index is 2.13. The summed E-state index contributed by atoms with van der Waals surface area (Å²) in [6.45, 7) is 3.16. The zero-order chi connectivity index (χ0) is 11.6. The maximum absolute atomic E-state index is 11.2. The van der Waals surface area contributed by atoms with Crippen LogP contribution in [0.5, 0.6) is 0 Å². The van der Waals surface area contributed by atoms with Crippen LogP contribution in [0.15, 0.2) is 42.5 Å². The Kier molecular flexibility index (Phi) is 5.96. The molecule has 0 aromatic heterocycles. The summed E-state index contributed by atoms with van der Waals surface area (Å²) in [5.74, 6) is -0.228. The summed E-state index contributed by atoms with van der Waals surface area (Å²) >= 11 is 0. The van der Waals surface area contributed by atoms with Gasteiger partial charge < -0.3 is 10.1 Å². The fraction of sp³-hybridized carbons (Fsp3) is 0.308. The van der Waals surface area contributed by atoms with Crippen molar-refractivity contribution < 1.29 is 9.53 Å². The van der Waals surface area contributed by atoms with E-state index in [-0.39, 0.29) is 12.5 Å². The quantitative estimate of drug-likeness (QED) is 0.586. The number of hydrogen-bond donors (Lipinski definition) is 1. The molecule has 0 unspecified atom stereocenters. The fourth-order valence-corrected chi connectivity index (χ4v) is 1.19. The standard InChI is InChI=1S/C13H17NO2/c1-2-3-9-16-13(15)11-14-10-12-7-5-4-6-8-12/h2-8,14H,9-11H2,1H3. The molecule has 0 aliphatic carbocycles. The topological polar surface area (TPSA) is 38.3 Å². The van der Waals surface area contributed by atoms with Gasteiger partial charge in [-0.1, -0.05) is 42.5 Å². The Bertz CT molecular complexity index is 333. The summed E-state index contributed by atoms with van der Waals surface area (Å²) in [7, 11) is 0. The van der Waals surface area contributed by atoms with Crippen molar-refractivity contribution in [1.29, 1.82) is 0 Å². The molecule has 0 heterocycles. The van der Waals surface area contributed by atoms with Gasteiger partial charge in [-0.25, -0.2) is 0 Å². The summed E-state index contributed by atoms with van der Waals surface area (Å²) in [6.07, 6.45) is 3.65. The number of rotatable bonds is 6. The third kappa shape index (κ3) is 5.32. The maximum Gasteiger partial charge on any atom is 0.320 e. The van der Waals surface area contributed by atoms with Crippen LogP contribution < -0.4 is 5.32 Å². The Morgan fingerprint density at radius 3 is 2.81 bits per heavy atom. The average molecular weight is 219 g/mol. The highest BCUT2D eigenvalue weighted by Crippen LogP contribution is 1.96. The van der Waals surface area contributed by atoms with Crippen LogP contribution in [0.4, 0.5) is 0 Å². The normalized spacial score (nSPS) is 10.6. The first kappa shape index (κ1) is 12.5. The van der Waals surface area contributed by atoms with Crippen LogP contribution in [0.25, 0.3) is 0 Å². The number of hydrogen-bond acceptors (Lipinski definition) is 3. The molecule has 1 aromatic rings. The molecule has 3 heteroatoms. The number of carbonyl (C=O) groups is 1. The van der Waals surface area contributed by atoms with Crippen LogP contribution >= 0.6 is 0 Å². The predicted octanol–water partition coefficient (Wildman–Crippen LogP) is 1.90. The molecule has 0 amide bonds. The third-order valence-electron chi connectivity index (χ3n) is 2.02. The molecule has 0 atom stereocenters. The van der Waals surface area contributed by atoms with E-state index >= 15 is 0 Å². The minimum atomic E-state index is -0.228. The number of benzene rings is 1. The van der Waals surface area contributed by atoms with Crippen molar-refractivity contribution in [2.45, 2.75) is 13.5 Å². The summed E-state index contributed by atoms with van der Waals surface area (Å²) in [5.41, 5.74) is 1.16. The molecule has 3 nitrogen and oxygen atoms in total. The van der Waals surface area contributed by atoms with Crippen molar-refractivity contribution in [3.05, 3.63) is 48.0 Å². The highest BCUT2D eigenvalue weighted by molar-refractivity contribution is 5.71. The molecule has 16 heavy (non-hydrogen) atoms. The van der Waals surface area contributed by atoms with Gasteiger partial charge >= 0.3 is 5.97 Å². The van der Waals surface area contributed by atoms with E-state index in [1.807, 2.05) is 43.3 Å². The molecule has 0 saturated carbocycles. The van der Waals surface area contributed by atoms with Crippen molar-refractivity contribution in [1.82, 2.24) is 5.32 Å². The zero-order valence-electron chi connectivity index (χ0n) is 9.48. The van der Waals surface area contributed by atoms with Crippen molar-refractivity contribution in [3.63, 3.8) is 0 Å². The van der Waals surface area contributed by atoms with Gasteiger partial charge in [-0.3, -0.25) is 4.79 Å². The number of ether oxygens (including phenoxy) is 1. The first-order chi connectivity index (χ1) is 7.83. The zero-order valence-corrected chi connectivity index (χ0v) is 9.48. The van der Waals surface area contributed by atoms with E-state index < -0.39 is 0 Å². The van der Waals surface area contributed by atoms with Crippen molar-refractivity contribution in [2.75, 3.05) is 13.2 Å². The SMILES string of the molecule is CC=CCOC(=O)CNCc1ccccc1. The Hall–Kier alpha value is -1.61. The van der Waals surface area contributed by atoms with Crippen LogP contribution in [0.2, 0.25) is 0 Å². The molecule has 0 bridgehead atoms. The van der Waals surface area contributed by atoms with Crippen molar-refractivity contribution in [2.24, 2.45) is 0 Å². The second-order valence-corrected chi connectivity index (χ2v) is 3.34. The molecule has 1 N–H and O–H groups in total. The molecule has 0 fully saturated rings. The summed E-state index contributed by atoms with van der Waals surface area (Å²) in [6, 6.07) is 9.94. The lowest BCUT2D eigenvalue weighted by Crippen LogP contribution is -2.24. The van der Waals surface area contributed by atoms with Crippen LogP contribution in [-0.4, -0.2) is 19.1 Å². The van der Waals surface area contributed by atoms with Gasteiger partial charge in [-0.2, -0.15) is 0 Å². The van der Waals surface area contributed by atoms with E-state index in [9.17, 15) is 4.79 Å². The van der Waals surface area contributed by atoms with Crippen LogP contribution in [0, 0.1) is 0 Å². The summed E-state index contributed by atoms with van der Waals surface area (Å²) in [5, 5.41) is 3.03. The smallest absolute Gasteiger partial charge is 0.320 e. The largest absolute Gasteiger partial charge is 0.461 e. The van der Waals surface area contributed by atoms with E-state index in [4.69, 9.17) is 4.74 Å². The lowest BCUT2D eigenvalue weighted by atomic mass is 10.2. The van der Waals surface area contributed by atoms with E-state index in [0.717, 1.165) is 5.56 Å². The number of nitrogens with one attached hydrogen (secondary N) is 1. The van der Waals surface area contributed by atoms with Crippen molar-refractivity contribution in [3.8, 4) is 0 Å². The minimum Gasteiger partial charge on any atom is -0.461 e. The molecule has 0 saturated heterocycles. The molecular formula is C13H17NO2. The van der Waals surface area contributed by atoms with E-state index in [1.54, 1.807) is 6.08 Å². The lowest BCUT2D eigenvalue weighted by Gasteiger charge is -2.04. The molecular weight excluding hydrogens is 202 g/mol. The molecule has 86 valence electrons. The fourth-order valence-electron chi connectivity index (χ4n) is 1.19. The van der Waals surface area contributed by atoms with Crippen LogP contribution in [0.1, 0.15) is 12.5 Å². The number of carbonyl (C=O) groups excluding carboxylic acids is 1. The van der Waals surface area contributed by atoms with Gasteiger partial charge in [0, 0.05) is 6.54 Å². The van der Waals surface area contributed by atoms with Gasteiger partial charge in [0.15, 0.2) is 0 Å². The summed E-state index contributed by atoms with van der Waals surface area (Å²) < 4.78 is 4.93. The maximum atomic E-state index is 11.2. The Morgan fingerprint density at radius 1 is 1.38 bits per heavy atom. The first-order valence-corrected chi connectivity index (χ1v) is 5.34. The average Bonchev–Trinajstić information content (AvgIpc) is 2.31. The van der Waals surface area contributed by atoms with Gasteiger partial charge in [0.1, 0.15) is 6.61 Å². The Labute approximate surface area is 96.1 Å². The van der Waals surface area contributed by atoms with Gasteiger partial charge in [0.25, 0.3) is 0 Å². The predicted molar refractivity (Wildman–Crippen MR) is 63.9 cm³/mol. The minimum absolute atomic E-state index is 0.228. The van der Waals surface area contributed by atoms with Gasteiger partial charge in [-0.05, 0) is 12.5 Å². The third-order valence-corrected chi connectivity index (χ3v) is 2.02.